The highest BCUT2D eigenvalue weighted by Crippen LogP contribution is 2.36. The van der Waals surface area contributed by atoms with Gasteiger partial charge in [0, 0.05) is 23.0 Å². The van der Waals surface area contributed by atoms with Crippen molar-refractivity contribution in [2.45, 2.75) is 62.9 Å². The Labute approximate surface area is 118 Å². The summed E-state index contributed by atoms with van der Waals surface area (Å²) in [5, 5.41) is 0. The first-order chi connectivity index (χ1) is 9.28. The molecule has 4 heteroatoms. The van der Waals surface area contributed by atoms with E-state index in [1.807, 2.05) is 0 Å². The Balaban J connectivity index is 1.74. The molecule has 0 unspecified atom stereocenters. The van der Waals surface area contributed by atoms with Crippen molar-refractivity contribution in [2.24, 2.45) is 5.92 Å². The molecule has 1 aromatic heterocycles. The Morgan fingerprint density at radius 1 is 1.26 bits per heavy atom. The number of thioether (sulfide) groups is 1. The van der Waals surface area contributed by atoms with Crippen LogP contribution in [0.15, 0.2) is 4.79 Å². The van der Waals surface area contributed by atoms with Crippen molar-refractivity contribution >= 4 is 11.8 Å². The van der Waals surface area contributed by atoms with Crippen LogP contribution in [0.1, 0.15) is 68.4 Å². The van der Waals surface area contributed by atoms with Crippen LogP contribution in [0, 0.1) is 5.92 Å². The molecule has 2 aliphatic rings. The summed E-state index contributed by atoms with van der Waals surface area (Å²) < 4.78 is 0. The number of rotatable bonds is 3. The lowest BCUT2D eigenvalue weighted by Crippen LogP contribution is -2.22. The standard InChI is InChI=1S/C15H22N2OS/c1-2-3-10-4-6-11(7-5-10)14-16-13-9-19-8-12(13)15(18)17-14/h10-11H,2-9H2,1H3,(H,16,17,18). The summed E-state index contributed by atoms with van der Waals surface area (Å²) in [6.45, 7) is 2.27. The number of H-pyrrole nitrogens is 1. The molecule has 0 saturated heterocycles. The van der Waals surface area contributed by atoms with Crippen molar-refractivity contribution in [2.75, 3.05) is 0 Å². The highest BCUT2D eigenvalue weighted by molar-refractivity contribution is 7.98. The second-order valence-electron chi connectivity index (χ2n) is 5.88. The first-order valence-corrected chi connectivity index (χ1v) is 8.63. The van der Waals surface area contributed by atoms with E-state index in [0.29, 0.717) is 5.92 Å². The van der Waals surface area contributed by atoms with Gasteiger partial charge in [0.15, 0.2) is 0 Å². The van der Waals surface area contributed by atoms with E-state index in [0.717, 1.165) is 34.5 Å². The third-order valence-electron chi connectivity index (χ3n) is 4.54. The van der Waals surface area contributed by atoms with E-state index < -0.39 is 0 Å². The van der Waals surface area contributed by atoms with Gasteiger partial charge in [-0.2, -0.15) is 11.8 Å². The van der Waals surface area contributed by atoms with Crippen molar-refractivity contribution < 1.29 is 0 Å². The molecule has 0 bridgehead atoms. The lowest BCUT2D eigenvalue weighted by atomic mass is 9.80. The Morgan fingerprint density at radius 3 is 2.79 bits per heavy atom. The van der Waals surface area contributed by atoms with Crippen LogP contribution in [0.2, 0.25) is 0 Å². The molecule has 1 N–H and O–H groups in total. The fourth-order valence-electron chi connectivity index (χ4n) is 3.41. The lowest BCUT2D eigenvalue weighted by Gasteiger charge is -2.27. The van der Waals surface area contributed by atoms with E-state index in [-0.39, 0.29) is 5.56 Å². The van der Waals surface area contributed by atoms with Crippen LogP contribution in [0.25, 0.3) is 0 Å². The molecule has 0 atom stereocenters. The van der Waals surface area contributed by atoms with Gasteiger partial charge in [-0.05, 0) is 31.6 Å². The van der Waals surface area contributed by atoms with Gasteiger partial charge in [0.1, 0.15) is 5.82 Å². The molecule has 0 aromatic carbocycles. The van der Waals surface area contributed by atoms with Gasteiger partial charge in [-0.3, -0.25) is 4.79 Å². The molecule has 1 saturated carbocycles. The van der Waals surface area contributed by atoms with E-state index in [2.05, 4.69) is 11.9 Å². The van der Waals surface area contributed by atoms with E-state index >= 15 is 0 Å². The Hall–Kier alpha value is -0.770. The SMILES string of the molecule is CCCC1CCC(c2nc3c(c(=O)[nH]2)CSC3)CC1. The van der Waals surface area contributed by atoms with Crippen LogP contribution in [0.5, 0.6) is 0 Å². The first kappa shape index (κ1) is 13.2. The fourth-order valence-corrected chi connectivity index (χ4v) is 4.44. The molecule has 1 aliphatic carbocycles. The van der Waals surface area contributed by atoms with Crippen LogP contribution in [-0.4, -0.2) is 9.97 Å². The minimum Gasteiger partial charge on any atom is -0.310 e. The molecule has 1 aromatic rings. The quantitative estimate of drug-likeness (QED) is 0.919. The minimum atomic E-state index is 0.112. The molecule has 2 heterocycles. The van der Waals surface area contributed by atoms with Crippen LogP contribution in [-0.2, 0) is 11.5 Å². The Kier molecular flexibility index (Phi) is 3.96. The smallest absolute Gasteiger partial charge is 0.255 e. The van der Waals surface area contributed by atoms with Crippen LogP contribution < -0.4 is 5.56 Å². The molecule has 1 aliphatic heterocycles. The van der Waals surface area contributed by atoms with Gasteiger partial charge < -0.3 is 4.98 Å². The van der Waals surface area contributed by atoms with Gasteiger partial charge in [-0.15, -0.1) is 0 Å². The molecule has 104 valence electrons. The molecular formula is C15H22N2OS. The zero-order valence-electron chi connectivity index (χ0n) is 11.6. The average Bonchev–Trinajstić information content (AvgIpc) is 2.89. The topological polar surface area (TPSA) is 45.8 Å². The summed E-state index contributed by atoms with van der Waals surface area (Å²) in [5.74, 6) is 4.09. The van der Waals surface area contributed by atoms with Crippen LogP contribution in [0.3, 0.4) is 0 Å². The number of aromatic amines is 1. The van der Waals surface area contributed by atoms with E-state index in [1.54, 1.807) is 11.8 Å². The number of hydrogen-bond donors (Lipinski definition) is 1. The maximum Gasteiger partial charge on any atom is 0.255 e. The van der Waals surface area contributed by atoms with E-state index in [1.165, 1.54) is 38.5 Å². The van der Waals surface area contributed by atoms with Crippen LogP contribution in [0.4, 0.5) is 0 Å². The summed E-state index contributed by atoms with van der Waals surface area (Å²) in [7, 11) is 0. The Morgan fingerprint density at radius 2 is 2.05 bits per heavy atom. The number of fused-ring (bicyclic) bond motifs is 1. The normalized spacial score (nSPS) is 26.4. The number of aromatic nitrogens is 2. The van der Waals surface area contributed by atoms with Gasteiger partial charge in [0.2, 0.25) is 0 Å². The van der Waals surface area contributed by atoms with Gasteiger partial charge in [-0.1, -0.05) is 19.8 Å². The second kappa shape index (κ2) is 5.70. The van der Waals surface area contributed by atoms with Gasteiger partial charge in [0.05, 0.1) is 5.69 Å². The maximum absolute atomic E-state index is 12.0. The summed E-state index contributed by atoms with van der Waals surface area (Å²) in [5.41, 5.74) is 2.06. The van der Waals surface area contributed by atoms with Gasteiger partial charge >= 0.3 is 0 Å². The lowest BCUT2D eigenvalue weighted by molar-refractivity contribution is 0.302. The van der Waals surface area contributed by atoms with Crippen molar-refractivity contribution in [1.29, 1.82) is 0 Å². The monoisotopic (exact) mass is 278 g/mol. The first-order valence-electron chi connectivity index (χ1n) is 7.47. The van der Waals surface area contributed by atoms with Crippen molar-refractivity contribution in [1.82, 2.24) is 9.97 Å². The summed E-state index contributed by atoms with van der Waals surface area (Å²) in [6, 6.07) is 0. The number of nitrogens with one attached hydrogen (secondary N) is 1. The number of nitrogens with zero attached hydrogens (tertiary/aromatic N) is 1. The van der Waals surface area contributed by atoms with Crippen molar-refractivity contribution in [3.05, 3.63) is 27.4 Å². The molecule has 19 heavy (non-hydrogen) atoms. The summed E-state index contributed by atoms with van der Waals surface area (Å²) >= 11 is 1.80. The molecule has 0 spiro atoms. The summed E-state index contributed by atoms with van der Waals surface area (Å²) in [6.07, 6.45) is 7.64. The minimum absolute atomic E-state index is 0.112. The Bertz CT molecular complexity index is 503. The highest BCUT2D eigenvalue weighted by atomic mass is 32.2. The van der Waals surface area contributed by atoms with Gasteiger partial charge in [-0.25, -0.2) is 4.98 Å². The largest absolute Gasteiger partial charge is 0.310 e. The third kappa shape index (κ3) is 2.73. The van der Waals surface area contributed by atoms with Crippen molar-refractivity contribution in [3.8, 4) is 0 Å². The van der Waals surface area contributed by atoms with Crippen LogP contribution >= 0.6 is 11.8 Å². The fraction of sp³-hybridized carbons (Fsp3) is 0.733. The predicted molar refractivity (Wildman–Crippen MR) is 79.5 cm³/mol. The molecule has 0 amide bonds. The van der Waals surface area contributed by atoms with E-state index in [9.17, 15) is 4.79 Å². The van der Waals surface area contributed by atoms with Crippen molar-refractivity contribution in [3.63, 3.8) is 0 Å². The predicted octanol–water partition coefficient (Wildman–Crippen LogP) is 3.59. The molecule has 3 rings (SSSR count). The van der Waals surface area contributed by atoms with E-state index in [4.69, 9.17) is 4.98 Å². The average molecular weight is 278 g/mol. The molecule has 0 radical (unpaired) electrons. The number of hydrogen-bond acceptors (Lipinski definition) is 3. The molecular weight excluding hydrogens is 256 g/mol. The third-order valence-corrected chi connectivity index (χ3v) is 5.51. The molecule has 1 fully saturated rings. The highest BCUT2D eigenvalue weighted by Gasteiger charge is 2.25. The molecule has 3 nitrogen and oxygen atoms in total. The zero-order chi connectivity index (χ0) is 13.2. The van der Waals surface area contributed by atoms with Gasteiger partial charge in [0.25, 0.3) is 5.56 Å². The summed E-state index contributed by atoms with van der Waals surface area (Å²) in [4.78, 5) is 19.8. The maximum atomic E-state index is 12.0. The zero-order valence-corrected chi connectivity index (χ0v) is 12.4. The second-order valence-corrected chi connectivity index (χ2v) is 6.86.